The monoisotopic (exact) mass is 127 g/mol. The van der Waals surface area contributed by atoms with Crippen molar-refractivity contribution in [3.05, 3.63) is 12.0 Å². The van der Waals surface area contributed by atoms with Crippen molar-refractivity contribution < 1.29 is 9.68 Å². The molecule has 0 saturated carbocycles. The lowest BCUT2D eigenvalue weighted by atomic mass is 10.4. The first kappa shape index (κ1) is 8.03. The number of hydrogen-bond donors (Lipinski definition) is 2. The molecule has 49 valence electrons. The van der Waals surface area contributed by atoms with E-state index in [1.807, 2.05) is 0 Å². The SMILES string of the molecule is CN=C/C(=C\N)O[B]O. The fourth-order valence-corrected chi connectivity index (χ4v) is 0.301. The van der Waals surface area contributed by atoms with Crippen molar-refractivity contribution >= 4 is 13.9 Å². The molecule has 0 spiro atoms. The Balaban J connectivity index is 3.70. The summed E-state index contributed by atoms with van der Waals surface area (Å²) in [6, 6.07) is 0. The Morgan fingerprint density at radius 2 is 2.56 bits per heavy atom. The lowest BCUT2D eigenvalue weighted by Gasteiger charge is -1.97. The van der Waals surface area contributed by atoms with E-state index in [2.05, 4.69) is 9.65 Å². The van der Waals surface area contributed by atoms with Gasteiger partial charge in [-0.05, 0) is 0 Å². The molecule has 0 amide bonds. The van der Waals surface area contributed by atoms with Crippen LogP contribution in [-0.2, 0) is 4.65 Å². The van der Waals surface area contributed by atoms with Gasteiger partial charge in [-0.2, -0.15) is 0 Å². The average Bonchev–Trinajstić information content (AvgIpc) is 1.88. The van der Waals surface area contributed by atoms with E-state index < -0.39 is 0 Å². The highest BCUT2D eigenvalue weighted by molar-refractivity contribution is 6.17. The first-order chi connectivity index (χ1) is 4.35. The van der Waals surface area contributed by atoms with Gasteiger partial charge in [-0.1, -0.05) is 0 Å². The van der Waals surface area contributed by atoms with Crippen LogP contribution in [0.5, 0.6) is 0 Å². The molecule has 3 N–H and O–H groups in total. The normalized spacial score (nSPS) is 12.0. The Labute approximate surface area is 54.3 Å². The largest absolute Gasteiger partial charge is 0.569 e. The number of aliphatic imine (C=N–C) groups is 1. The molecule has 0 heterocycles. The maximum Gasteiger partial charge on any atom is 0.569 e. The Bertz CT molecular complexity index is 124. The predicted molar refractivity (Wildman–Crippen MR) is 35.7 cm³/mol. The lowest BCUT2D eigenvalue weighted by molar-refractivity contribution is 0.389. The van der Waals surface area contributed by atoms with Gasteiger partial charge in [0.15, 0.2) is 0 Å². The molecular formula is C4H8BN2O2. The van der Waals surface area contributed by atoms with Gasteiger partial charge in [-0.15, -0.1) is 0 Å². The molecule has 0 fully saturated rings. The van der Waals surface area contributed by atoms with Gasteiger partial charge < -0.3 is 15.4 Å². The highest BCUT2D eigenvalue weighted by Crippen LogP contribution is 1.86. The molecule has 4 nitrogen and oxygen atoms in total. The third-order valence-corrected chi connectivity index (χ3v) is 0.609. The van der Waals surface area contributed by atoms with Crippen molar-refractivity contribution in [2.24, 2.45) is 10.7 Å². The fraction of sp³-hybridized carbons (Fsp3) is 0.250. The van der Waals surface area contributed by atoms with E-state index in [9.17, 15) is 0 Å². The van der Waals surface area contributed by atoms with Gasteiger partial charge in [0.1, 0.15) is 5.76 Å². The second-order valence-corrected chi connectivity index (χ2v) is 1.18. The zero-order valence-electron chi connectivity index (χ0n) is 5.11. The highest BCUT2D eigenvalue weighted by Gasteiger charge is 1.90. The van der Waals surface area contributed by atoms with Crippen LogP contribution in [0, 0.1) is 0 Å². The molecule has 1 radical (unpaired) electrons. The van der Waals surface area contributed by atoms with Crippen molar-refractivity contribution in [1.82, 2.24) is 0 Å². The van der Waals surface area contributed by atoms with Gasteiger partial charge in [-0.25, -0.2) is 0 Å². The molecule has 0 aromatic heterocycles. The third-order valence-electron chi connectivity index (χ3n) is 0.609. The molecule has 0 saturated heterocycles. The zero-order chi connectivity index (χ0) is 7.11. The van der Waals surface area contributed by atoms with E-state index in [0.717, 1.165) is 0 Å². The molecule has 5 heteroatoms. The number of allylic oxidation sites excluding steroid dienone is 1. The second kappa shape index (κ2) is 5.18. The maximum absolute atomic E-state index is 8.09. The minimum Gasteiger partial charge on any atom is -0.535 e. The molecule has 0 aliphatic heterocycles. The molecule has 0 aromatic rings. The van der Waals surface area contributed by atoms with Gasteiger partial charge in [0.05, 0.1) is 6.21 Å². The average molecular weight is 127 g/mol. The summed E-state index contributed by atoms with van der Waals surface area (Å²) in [6.45, 7) is 0. The number of nitrogens with two attached hydrogens (primary N) is 1. The van der Waals surface area contributed by atoms with Crippen LogP contribution in [0.25, 0.3) is 0 Å². The summed E-state index contributed by atoms with van der Waals surface area (Å²) in [5.74, 6) is 0.306. The summed E-state index contributed by atoms with van der Waals surface area (Å²) in [6.07, 6.45) is 2.58. The predicted octanol–water partition coefficient (Wildman–Crippen LogP) is -0.970. The Kier molecular flexibility index (Phi) is 4.62. The Morgan fingerprint density at radius 1 is 1.89 bits per heavy atom. The van der Waals surface area contributed by atoms with Crippen LogP contribution < -0.4 is 5.73 Å². The highest BCUT2D eigenvalue weighted by atomic mass is 16.5. The fourth-order valence-electron chi connectivity index (χ4n) is 0.301. The standard InChI is InChI=1S/C4H8BN2O2/c1-7-3-4(2-6)9-5-8/h2-3,8H,6H2,1H3/b4-2+,7-3?. The molecule has 0 aliphatic rings. The number of hydrogen-bond acceptors (Lipinski definition) is 4. The third kappa shape index (κ3) is 3.60. The summed E-state index contributed by atoms with van der Waals surface area (Å²) in [5, 5.41) is 8.09. The summed E-state index contributed by atoms with van der Waals surface area (Å²) < 4.78 is 4.45. The van der Waals surface area contributed by atoms with E-state index in [1.165, 1.54) is 12.4 Å². The quantitative estimate of drug-likeness (QED) is 0.291. The minimum absolute atomic E-state index is 0.306. The smallest absolute Gasteiger partial charge is 0.535 e. The molecule has 0 aromatic carbocycles. The van der Waals surface area contributed by atoms with E-state index in [0.29, 0.717) is 13.4 Å². The maximum atomic E-state index is 8.09. The van der Waals surface area contributed by atoms with Crippen LogP contribution in [0.15, 0.2) is 17.0 Å². The number of rotatable bonds is 3. The molecule has 0 unspecified atom stereocenters. The summed E-state index contributed by atoms with van der Waals surface area (Å²) in [4.78, 5) is 3.60. The summed E-state index contributed by atoms with van der Waals surface area (Å²) >= 11 is 0. The van der Waals surface area contributed by atoms with Crippen LogP contribution in [0.3, 0.4) is 0 Å². The van der Waals surface area contributed by atoms with Gasteiger partial charge in [0.25, 0.3) is 0 Å². The van der Waals surface area contributed by atoms with Crippen LogP contribution in [0.1, 0.15) is 0 Å². The van der Waals surface area contributed by atoms with Gasteiger partial charge in [0.2, 0.25) is 0 Å². The van der Waals surface area contributed by atoms with Crippen LogP contribution in [0.2, 0.25) is 0 Å². The van der Waals surface area contributed by atoms with Gasteiger partial charge in [0, 0.05) is 13.2 Å². The van der Waals surface area contributed by atoms with Crippen molar-refractivity contribution in [1.29, 1.82) is 0 Å². The van der Waals surface area contributed by atoms with Crippen LogP contribution >= 0.6 is 0 Å². The Morgan fingerprint density at radius 3 is 2.89 bits per heavy atom. The van der Waals surface area contributed by atoms with Crippen LogP contribution in [-0.4, -0.2) is 26.0 Å². The van der Waals surface area contributed by atoms with E-state index in [-0.39, 0.29) is 0 Å². The summed E-state index contributed by atoms with van der Waals surface area (Å²) in [5.41, 5.74) is 5.04. The first-order valence-electron chi connectivity index (χ1n) is 2.31. The topological polar surface area (TPSA) is 67.8 Å². The molecule has 0 aliphatic carbocycles. The van der Waals surface area contributed by atoms with Crippen molar-refractivity contribution in [2.75, 3.05) is 7.05 Å². The van der Waals surface area contributed by atoms with Crippen molar-refractivity contribution in [3.8, 4) is 0 Å². The lowest BCUT2D eigenvalue weighted by Crippen LogP contribution is -2.01. The van der Waals surface area contributed by atoms with Crippen LogP contribution in [0.4, 0.5) is 0 Å². The van der Waals surface area contributed by atoms with E-state index in [1.54, 1.807) is 7.05 Å². The van der Waals surface area contributed by atoms with E-state index in [4.69, 9.17) is 10.8 Å². The number of nitrogens with zero attached hydrogens (tertiary/aromatic N) is 1. The van der Waals surface area contributed by atoms with Gasteiger partial charge >= 0.3 is 7.69 Å². The molecule has 0 rings (SSSR count). The first-order valence-corrected chi connectivity index (χ1v) is 2.31. The second-order valence-electron chi connectivity index (χ2n) is 1.18. The molecular weight excluding hydrogens is 119 g/mol. The van der Waals surface area contributed by atoms with Gasteiger partial charge in [-0.3, -0.25) is 4.99 Å². The molecule has 9 heavy (non-hydrogen) atoms. The van der Waals surface area contributed by atoms with E-state index >= 15 is 0 Å². The minimum atomic E-state index is 0.306. The molecule has 0 atom stereocenters. The van der Waals surface area contributed by atoms with Crippen molar-refractivity contribution in [3.63, 3.8) is 0 Å². The van der Waals surface area contributed by atoms with Crippen molar-refractivity contribution in [2.45, 2.75) is 0 Å². The Hall–Kier alpha value is -0.965. The molecule has 0 bridgehead atoms. The zero-order valence-corrected chi connectivity index (χ0v) is 5.11. The summed E-state index contributed by atoms with van der Waals surface area (Å²) in [7, 11) is 2.12.